The summed E-state index contributed by atoms with van der Waals surface area (Å²) in [7, 11) is 0. The Morgan fingerprint density at radius 1 is 1.39 bits per heavy atom. The first-order valence-electron chi connectivity index (χ1n) is 6.37. The zero-order chi connectivity index (χ0) is 13.0. The molecule has 0 aromatic heterocycles. The van der Waals surface area contributed by atoms with Crippen LogP contribution in [0, 0.1) is 5.92 Å². The average molecular weight is 248 g/mol. The van der Waals surface area contributed by atoms with E-state index in [1.807, 2.05) is 13.8 Å². The molecular weight excluding hydrogens is 228 g/mol. The predicted molar refractivity (Wildman–Crippen MR) is 70.0 cm³/mol. The zero-order valence-corrected chi connectivity index (χ0v) is 11.0. The maximum absolute atomic E-state index is 11.4. The van der Waals surface area contributed by atoms with E-state index in [9.17, 15) is 4.79 Å². The number of hydrogen-bond donors (Lipinski definition) is 2. The molecule has 0 fully saturated rings. The van der Waals surface area contributed by atoms with Crippen molar-refractivity contribution in [3.8, 4) is 0 Å². The van der Waals surface area contributed by atoms with E-state index in [1.165, 1.54) is 11.1 Å². The fraction of sp³-hybridized carbons (Fsp3) is 0.500. The van der Waals surface area contributed by atoms with Gasteiger partial charge in [0, 0.05) is 19.6 Å². The fourth-order valence-corrected chi connectivity index (χ4v) is 1.93. The number of fused-ring (bicyclic) bond motifs is 1. The molecule has 1 aliphatic heterocycles. The molecule has 0 atom stereocenters. The van der Waals surface area contributed by atoms with Crippen molar-refractivity contribution in [2.75, 3.05) is 6.61 Å². The minimum absolute atomic E-state index is 0.345. The van der Waals surface area contributed by atoms with Crippen molar-refractivity contribution in [2.45, 2.75) is 33.5 Å². The molecule has 0 radical (unpaired) electrons. The summed E-state index contributed by atoms with van der Waals surface area (Å²) in [5.74, 6) is 0.363. The first kappa shape index (κ1) is 12.9. The Kier molecular flexibility index (Phi) is 4.20. The molecule has 2 rings (SSSR count). The molecule has 0 bridgehead atoms. The second kappa shape index (κ2) is 5.87. The molecule has 4 nitrogen and oxygen atoms in total. The summed E-state index contributed by atoms with van der Waals surface area (Å²) in [5, 5.41) is 6.06. The molecule has 1 aliphatic rings. The van der Waals surface area contributed by atoms with Crippen LogP contribution in [-0.4, -0.2) is 12.7 Å². The van der Waals surface area contributed by atoms with E-state index in [-0.39, 0.29) is 6.09 Å². The van der Waals surface area contributed by atoms with E-state index in [1.54, 1.807) is 0 Å². The quantitative estimate of drug-likeness (QED) is 0.858. The number of hydrogen-bond acceptors (Lipinski definition) is 3. The zero-order valence-electron chi connectivity index (χ0n) is 11.0. The van der Waals surface area contributed by atoms with Crippen LogP contribution >= 0.6 is 0 Å². The molecule has 0 saturated heterocycles. The Bertz CT molecular complexity index is 430. The van der Waals surface area contributed by atoms with Crippen molar-refractivity contribution in [3.05, 3.63) is 34.9 Å². The van der Waals surface area contributed by atoms with Crippen LogP contribution in [0.3, 0.4) is 0 Å². The lowest BCUT2D eigenvalue weighted by molar-refractivity contribution is 0.132. The molecule has 18 heavy (non-hydrogen) atoms. The van der Waals surface area contributed by atoms with Gasteiger partial charge in [0.25, 0.3) is 0 Å². The molecule has 1 amide bonds. The average Bonchev–Trinajstić information content (AvgIpc) is 2.81. The van der Waals surface area contributed by atoms with Crippen LogP contribution < -0.4 is 10.6 Å². The van der Waals surface area contributed by atoms with E-state index in [2.05, 4.69) is 28.8 Å². The van der Waals surface area contributed by atoms with Crippen LogP contribution in [0.5, 0.6) is 0 Å². The Morgan fingerprint density at radius 2 is 2.17 bits per heavy atom. The molecule has 0 aliphatic carbocycles. The molecular formula is C14H20N2O2. The minimum atomic E-state index is -0.345. The number of nitrogens with one attached hydrogen (secondary N) is 2. The van der Waals surface area contributed by atoms with Crippen molar-refractivity contribution in [2.24, 2.45) is 5.92 Å². The van der Waals surface area contributed by atoms with Crippen LogP contribution in [-0.2, 0) is 24.4 Å². The highest BCUT2D eigenvalue weighted by atomic mass is 16.5. The van der Waals surface area contributed by atoms with E-state index in [0.717, 1.165) is 18.7 Å². The molecule has 0 saturated carbocycles. The molecule has 0 spiro atoms. The summed E-state index contributed by atoms with van der Waals surface area (Å²) in [6.45, 7) is 6.87. The Labute approximate surface area is 108 Å². The summed E-state index contributed by atoms with van der Waals surface area (Å²) in [5.41, 5.74) is 3.78. The SMILES string of the molecule is CC(C)COC(=O)NCc1ccc2c(c1)CNC2. The van der Waals surface area contributed by atoms with Gasteiger partial charge in [0.1, 0.15) is 0 Å². The van der Waals surface area contributed by atoms with E-state index >= 15 is 0 Å². The van der Waals surface area contributed by atoms with Gasteiger partial charge in [-0.15, -0.1) is 0 Å². The van der Waals surface area contributed by atoms with Crippen LogP contribution in [0.4, 0.5) is 4.79 Å². The van der Waals surface area contributed by atoms with Crippen LogP contribution in [0.15, 0.2) is 18.2 Å². The first-order valence-corrected chi connectivity index (χ1v) is 6.37. The number of alkyl carbamates (subject to hydrolysis) is 1. The van der Waals surface area contributed by atoms with Gasteiger partial charge >= 0.3 is 6.09 Å². The Morgan fingerprint density at radius 3 is 2.94 bits per heavy atom. The summed E-state index contributed by atoms with van der Waals surface area (Å²) in [6, 6.07) is 6.30. The number of ether oxygens (including phenoxy) is 1. The van der Waals surface area contributed by atoms with Crippen molar-refractivity contribution in [1.29, 1.82) is 0 Å². The lowest BCUT2D eigenvalue weighted by Gasteiger charge is -2.09. The third-order valence-electron chi connectivity index (χ3n) is 2.89. The highest BCUT2D eigenvalue weighted by molar-refractivity contribution is 5.67. The van der Waals surface area contributed by atoms with Gasteiger partial charge in [0.05, 0.1) is 6.61 Å². The van der Waals surface area contributed by atoms with Crippen LogP contribution in [0.2, 0.25) is 0 Å². The molecule has 4 heteroatoms. The smallest absolute Gasteiger partial charge is 0.407 e. The Hall–Kier alpha value is -1.55. The number of carbonyl (C=O) groups excluding carboxylic acids is 1. The predicted octanol–water partition coefficient (Wildman–Crippen LogP) is 2.17. The van der Waals surface area contributed by atoms with E-state index < -0.39 is 0 Å². The van der Waals surface area contributed by atoms with Gasteiger partial charge < -0.3 is 15.4 Å². The fourth-order valence-electron chi connectivity index (χ4n) is 1.93. The molecule has 0 unspecified atom stereocenters. The lowest BCUT2D eigenvalue weighted by Crippen LogP contribution is -2.25. The number of amides is 1. The van der Waals surface area contributed by atoms with Crippen molar-refractivity contribution in [3.63, 3.8) is 0 Å². The lowest BCUT2D eigenvalue weighted by atomic mass is 10.1. The summed E-state index contributed by atoms with van der Waals surface area (Å²) in [6.07, 6.45) is -0.345. The van der Waals surface area contributed by atoms with E-state index in [0.29, 0.717) is 19.1 Å². The number of carbonyl (C=O) groups is 1. The Balaban J connectivity index is 1.81. The van der Waals surface area contributed by atoms with Gasteiger partial charge in [-0.1, -0.05) is 32.0 Å². The topological polar surface area (TPSA) is 50.4 Å². The molecule has 1 aromatic carbocycles. The largest absolute Gasteiger partial charge is 0.449 e. The second-order valence-corrected chi connectivity index (χ2v) is 5.05. The van der Waals surface area contributed by atoms with Crippen LogP contribution in [0.25, 0.3) is 0 Å². The van der Waals surface area contributed by atoms with Gasteiger partial charge in [0.2, 0.25) is 0 Å². The summed E-state index contributed by atoms with van der Waals surface area (Å²) >= 11 is 0. The third kappa shape index (κ3) is 3.47. The molecule has 1 aromatic rings. The van der Waals surface area contributed by atoms with Crippen molar-refractivity contribution in [1.82, 2.24) is 10.6 Å². The number of benzene rings is 1. The van der Waals surface area contributed by atoms with Crippen molar-refractivity contribution < 1.29 is 9.53 Å². The highest BCUT2D eigenvalue weighted by Gasteiger charge is 2.10. The highest BCUT2D eigenvalue weighted by Crippen LogP contribution is 2.16. The second-order valence-electron chi connectivity index (χ2n) is 5.05. The molecule has 98 valence electrons. The van der Waals surface area contributed by atoms with E-state index in [4.69, 9.17) is 4.74 Å². The summed E-state index contributed by atoms with van der Waals surface area (Å²) in [4.78, 5) is 11.4. The standard InChI is InChI=1S/C14H20N2O2/c1-10(2)9-18-14(17)16-6-11-3-4-12-7-15-8-13(12)5-11/h3-5,10,15H,6-9H2,1-2H3,(H,16,17). The third-order valence-corrected chi connectivity index (χ3v) is 2.89. The van der Waals surface area contributed by atoms with Gasteiger partial charge in [-0.05, 0) is 22.6 Å². The number of rotatable bonds is 4. The first-order chi connectivity index (χ1) is 8.65. The van der Waals surface area contributed by atoms with Gasteiger partial charge in [0.15, 0.2) is 0 Å². The molecule has 1 heterocycles. The normalized spacial score (nSPS) is 13.5. The van der Waals surface area contributed by atoms with Crippen LogP contribution in [0.1, 0.15) is 30.5 Å². The maximum atomic E-state index is 11.4. The minimum Gasteiger partial charge on any atom is -0.449 e. The van der Waals surface area contributed by atoms with Crippen molar-refractivity contribution >= 4 is 6.09 Å². The van der Waals surface area contributed by atoms with Gasteiger partial charge in [-0.3, -0.25) is 0 Å². The molecule has 2 N–H and O–H groups in total. The summed E-state index contributed by atoms with van der Waals surface area (Å²) < 4.78 is 5.06. The van der Waals surface area contributed by atoms with Gasteiger partial charge in [-0.2, -0.15) is 0 Å². The van der Waals surface area contributed by atoms with Gasteiger partial charge in [-0.25, -0.2) is 4.79 Å². The maximum Gasteiger partial charge on any atom is 0.407 e. The monoisotopic (exact) mass is 248 g/mol.